The van der Waals surface area contributed by atoms with Crippen LogP contribution in [0.5, 0.6) is 0 Å². The molecule has 1 amide bonds. The van der Waals surface area contributed by atoms with Gasteiger partial charge in [0.15, 0.2) is 5.65 Å². The Bertz CT molecular complexity index is 938. The first-order valence-corrected chi connectivity index (χ1v) is 8.60. The minimum Gasteiger partial charge on any atom is -0.329 e. The largest absolute Gasteiger partial charge is 0.329 e. The molecule has 2 aromatic heterocycles. The molecule has 25 heavy (non-hydrogen) atoms. The van der Waals surface area contributed by atoms with Crippen molar-refractivity contribution in [3.8, 4) is 0 Å². The van der Waals surface area contributed by atoms with Crippen molar-refractivity contribution in [1.29, 1.82) is 0 Å². The Hall–Kier alpha value is -2.44. The highest BCUT2D eigenvalue weighted by atomic mass is 35.5. The predicted octanol–water partition coefficient (Wildman–Crippen LogP) is 2.48. The van der Waals surface area contributed by atoms with Gasteiger partial charge in [0, 0.05) is 30.9 Å². The second-order valence-electron chi connectivity index (χ2n) is 6.13. The number of halogens is 1. The molecule has 1 unspecified atom stereocenters. The minimum absolute atomic E-state index is 0.0126. The molecule has 0 saturated carbocycles. The first-order chi connectivity index (χ1) is 12.1. The second kappa shape index (κ2) is 6.46. The van der Waals surface area contributed by atoms with Gasteiger partial charge >= 0.3 is 0 Å². The summed E-state index contributed by atoms with van der Waals surface area (Å²) in [5.74, 6) is 0.744. The number of benzene rings is 1. The monoisotopic (exact) mass is 355 g/mol. The molecule has 1 saturated heterocycles. The van der Waals surface area contributed by atoms with E-state index in [9.17, 15) is 4.79 Å². The number of hydrogen-bond donors (Lipinski definition) is 1. The standard InChI is InChI=1S/C18H18ClN5O/c1-12-21-22-17-7-6-13(11-24(12)17)18(25)23-9-8-20-10-16(23)14-4-2-3-5-15(14)19/h2-7,11,16,20H,8-10H2,1H3. The van der Waals surface area contributed by atoms with Crippen LogP contribution < -0.4 is 5.32 Å². The van der Waals surface area contributed by atoms with Gasteiger partial charge in [0.25, 0.3) is 5.91 Å². The van der Waals surface area contributed by atoms with Gasteiger partial charge in [-0.15, -0.1) is 10.2 Å². The van der Waals surface area contributed by atoms with Crippen molar-refractivity contribution in [2.45, 2.75) is 13.0 Å². The summed E-state index contributed by atoms with van der Waals surface area (Å²) in [6, 6.07) is 11.2. The predicted molar refractivity (Wildman–Crippen MR) is 95.8 cm³/mol. The number of hydrogen-bond acceptors (Lipinski definition) is 4. The number of fused-ring (bicyclic) bond motifs is 1. The van der Waals surface area contributed by atoms with Crippen LogP contribution in [0.15, 0.2) is 42.6 Å². The van der Waals surface area contributed by atoms with E-state index in [1.165, 1.54) is 0 Å². The zero-order chi connectivity index (χ0) is 17.4. The average molecular weight is 356 g/mol. The number of rotatable bonds is 2. The summed E-state index contributed by atoms with van der Waals surface area (Å²) in [5.41, 5.74) is 2.32. The molecule has 7 heteroatoms. The highest BCUT2D eigenvalue weighted by Crippen LogP contribution is 2.29. The molecule has 1 fully saturated rings. The van der Waals surface area contributed by atoms with Crippen molar-refractivity contribution >= 4 is 23.2 Å². The maximum Gasteiger partial charge on any atom is 0.255 e. The summed E-state index contributed by atoms with van der Waals surface area (Å²) in [5, 5.41) is 12.1. The summed E-state index contributed by atoms with van der Waals surface area (Å²) in [6.45, 7) is 3.95. The Morgan fingerprint density at radius 1 is 1.24 bits per heavy atom. The van der Waals surface area contributed by atoms with Gasteiger partial charge in [-0.05, 0) is 30.7 Å². The lowest BCUT2D eigenvalue weighted by Gasteiger charge is -2.37. The van der Waals surface area contributed by atoms with E-state index in [-0.39, 0.29) is 11.9 Å². The van der Waals surface area contributed by atoms with Crippen molar-refractivity contribution in [1.82, 2.24) is 24.8 Å². The molecule has 0 bridgehead atoms. The van der Waals surface area contributed by atoms with Gasteiger partial charge < -0.3 is 10.2 Å². The average Bonchev–Trinajstić information content (AvgIpc) is 3.02. The number of carbonyl (C=O) groups excluding carboxylic acids is 1. The Morgan fingerprint density at radius 2 is 2.08 bits per heavy atom. The van der Waals surface area contributed by atoms with E-state index < -0.39 is 0 Å². The van der Waals surface area contributed by atoms with E-state index in [1.807, 2.05) is 46.6 Å². The summed E-state index contributed by atoms with van der Waals surface area (Å²) in [6.07, 6.45) is 1.80. The number of aryl methyl sites for hydroxylation is 1. The third-order valence-electron chi connectivity index (χ3n) is 4.59. The zero-order valence-corrected chi connectivity index (χ0v) is 14.6. The van der Waals surface area contributed by atoms with E-state index in [0.717, 1.165) is 23.6 Å². The van der Waals surface area contributed by atoms with E-state index in [1.54, 1.807) is 12.3 Å². The van der Waals surface area contributed by atoms with Crippen LogP contribution in [0.1, 0.15) is 27.8 Å². The maximum absolute atomic E-state index is 13.2. The highest BCUT2D eigenvalue weighted by molar-refractivity contribution is 6.31. The number of aromatic nitrogens is 3. The fourth-order valence-corrected chi connectivity index (χ4v) is 3.53. The van der Waals surface area contributed by atoms with Crippen LogP contribution in [0.25, 0.3) is 5.65 Å². The Morgan fingerprint density at radius 3 is 2.92 bits per heavy atom. The molecule has 0 spiro atoms. The molecule has 6 nitrogen and oxygen atoms in total. The first kappa shape index (κ1) is 16.1. The molecule has 0 aliphatic carbocycles. The van der Waals surface area contributed by atoms with Gasteiger partial charge in [-0.25, -0.2) is 0 Å². The molecule has 1 aliphatic rings. The number of pyridine rings is 1. The third-order valence-corrected chi connectivity index (χ3v) is 4.93. The lowest BCUT2D eigenvalue weighted by Crippen LogP contribution is -2.48. The zero-order valence-electron chi connectivity index (χ0n) is 13.8. The summed E-state index contributed by atoms with van der Waals surface area (Å²) < 4.78 is 1.83. The lowest BCUT2D eigenvalue weighted by atomic mass is 10.0. The van der Waals surface area contributed by atoms with Crippen LogP contribution in [0.4, 0.5) is 0 Å². The number of piperazine rings is 1. The summed E-state index contributed by atoms with van der Waals surface area (Å²) in [4.78, 5) is 15.1. The lowest BCUT2D eigenvalue weighted by molar-refractivity contribution is 0.0634. The normalized spacial score (nSPS) is 17.8. The molecule has 1 aromatic carbocycles. The smallest absolute Gasteiger partial charge is 0.255 e. The SMILES string of the molecule is Cc1nnc2ccc(C(=O)N3CCNCC3c3ccccc3Cl)cn12. The molecule has 4 rings (SSSR count). The Balaban J connectivity index is 1.70. The number of carbonyl (C=O) groups is 1. The number of amides is 1. The van der Waals surface area contributed by atoms with Gasteiger partial charge in [0.1, 0.15) is 5.82 Å². The van der Waals surface area contributed by atoms with Gasteiger partial charge in [-0.3, -0.25) is 9.20 Å². The van der Waals surface area contributed by atoms with Crippen LogP contribution in [0.3, 0.4) is 0 Å². The minimum atomic E-state index is -0.0901. The second-order valence-corrected chi connectivity index (χ2v) is 6.54. The Kier molecular flexibility index (Phi) is 4.15. The van der Waals surface area contributed by atoms with Crippen molar-refractivity contribution < 1.29 is 4.79 Å². The van der Waals surface area contributed by atoms with Gasteiger partial charge in [-0.2, -0.15) is 0 Å². The number of nitrogens with one attached hydrogen (secondary N) is 1. The Labute approximate surface area is 150 Å². The van der Waals surface area contributed by atoms with Crippen LogP contribution >= 0.6 is 11.6 Å². The van der Waals surface area contributed by atoms with Crippen LogP contribution in [-0.4, -0.2) is 45.0 Å². The van der Waals surface area contributed by atoms with Crippen LogP contribution in [0, 0.1) is 6.92 Å². The van der Waals surface area contributed by atoms with E-state index in [2.05, 4.69) is 15.5 Å². The van der Waals surface area contributed by atoms with Crippen LogP contribution in [0.2, 0.25) is 5.02 Å². The van der Waals surface area contributed by atoms with E-state index >= 15 is 0 Å². The summed E-state index contributed by atoms with van der Waals surface area (Å²) in [7, 11) is 0. The number of nitrogens with zero attached hydrogens (tertiary/aromatic N) is 4. The molecular formula is C18H18ClN5O. The molecule has 128 valence electrons. The van der Waals surface area contributed by atoms with Crippen molar-refractivity contribution in [2.24, 2.45) is 0 Å². The molecule has 3 aromatic rings. The van der Waals surface area contributed by atoms with Gasteiger partial charge in [0.2, 0.25) is 0 Å². The van der Waals surface area contributed by atoms with E-state index in [4.69, 9.17) is 11.6 Å². The fourth-order valence-electron chi connectivity index (χ4n) is 3.27. The molecule has 1 N–H and O–H groups in total. The van der Waals surface area contributed by atoms with Crippen molar-refractivity contribution in [2.75, 3.05) is 19.6 Å². The first-order valence-electron chi connectivity index (χ1n) is 8.22. The molecular weight excluding hydrogens is 338 g/mol. The molecule has 0 radical (unpaired) electrons. The van der Waals surface area contributed by atoms with Crippen molar-refractivity contribution in [3.05, 3.63) is 64.6 Å². The van der Waals surface area contributed by atoms with Gasteiger partial charge in [-0.1, -0.05) is 29.8 Å². The molecule has 3 heterocycles. The highest BCUT2D eigenvalue weighted by Gasteiger charge is 2.30. The quantitative estimate of drug-likeness (QED) is 0.767. The van der Waals surface area contributed by atoms with E-state index in [0.29, 0.717) is 23.7 Å². The molecule has 1 aliphatic heterocycles. The van der Waals surface area contributed by atoms with Crippen molar-refractivity contribution in [3.63, 3.8) is 0 Å². The fraction of sp³-hybridized carbons (Fsp3) is 0.278. The summed E-state index contributed by atoms with van der Waals surface area (Å²) >= 11 is 6.37. The van der Waals surface area contributed by atoms with Crippen LogP contribution in [-0.2, 0) is 0 Å². The molecule has 1 atom stereocenters. The topological polar surface area (TPSA) is 62.5 Å². The van der Waals surface area contributed by atoms with Gasteiger partial charge in [0.05, 0.1) is 11.6 Å². The third kappa shape index (κ3) is 2.88. The maximum atomic E-state index is 13.2.